The van der Waals surface area contributed by atoms with E-state index in [1.54, 1.807) is 19.2 Å². The zero-order chi connectivity index (χ0) is 10.6. The molecule has 0 spiro atoms. The van der Waals surface area contributed by atoms with E-state index in [0.717, 1.165) is 0 Å². The molecule has 76 valence electrons. The smallest absolute Gasteiger partial charge is 0.270 e. The van der Waals surface area contributed by atoms with Crippen LogP contribution in [0.2, 0.25) is 0 Å². The number of hydrogen-bond donors (Lipinski definition) is 1. The van der Waals surface area contributed by atoms with E-state index in [9.17, 15) is 4.79 Å². The van der Waals surface area contributed by atoms with E-state index in [2.05, 4.69) is 15.3 Å². The molecule has 5 heteroatoms. The molecule has 0 aliphatic rings. The number of alkyl halides is 1. The van der Waals surface area contributed by atoms with Crippen LogP contribution in [0.1, 0.15) is 23.2 Å². The number of carbonyl (C=O) groups is 1. The van der Waals surface area contributed by atoms with Gasteiger partial charge in [-0.2, -0.15) is 0 Å². The standard InChI is InChI=1S/C9H12ClN3O/c1-6(10)5-12-9(14)8-3-4-11-7(2)13-8/h3-4,6H,5H2,1-2H3,(H,12,14). The highest BCUT2D eigenvalue weighted by molar-refractivity contribution is 6.20. The van der Waals surface area contributed by atoms with Gasteiger partial charge in [-0.15, -0.1) is 11.6 Å². The summed E-state index contributed by atoms with van der Waals surface area (Å²) in [6.45, 7) is 3.98. The summed E-state index contributed by atoms with van der Waals surface area (Å²) in [5.74, 6) is 0.361. The van der Waals surface area contributed by atoms with Crippen molar-refractivity contribution in [3.8, 4) is 0 Å². The molecule has 0 aromatic carbocycles. The summed E-state index contributed by atoms with van der Waals surface area (Å²) in [6, 6.07) is 1.57. The van der Waals surface area contributed by atoms with Crippen molar-refractivity contribution >= 4 is 17.5 Å². The minimum atomic E-state index is -0.219. The zero-order valence-electron chi connectivity index (χ0n) is 8.12. The molecule has 14 heavy (non-hydrogen) atoms. The van der Waals surface area contributed by atoms with Gasteiger partial charge in [0.2, 0.25) is 0 Å². The van der Waals surface area contributed by atoms with Gasteiger partial charge in [0.05, 0.1) is 0 Å². The quantitative estimate of drug-likeness (QED) is 0.767. The molecule has 1 N–H and O–H groups in total. The number of amides is 1. The fourth-order valence-electron chi connectivity index (χ4n) is 0.907. The van der Waals surface area contributed by atoms with Crippen LogP contribution in [0.25, 0.3) is 0 Å². The van der Waals surface area contributed by atoms with Crippen LogP contribution in [0, 0.1) is 6.92 Å². The van der Waals surface area contributed by atoms with Crippen molar-refractivity contribution in [1.29, 1.82) is 0 Å². The SMILES string of the molecule is Cc1nccc(C(=O)NCC(C)Cl)n1. The third-order valence-electron chi connectivity index (χ3n) is 1.55. The van der Waals surface area contributed by atoms with E-state index in [0.29, 0.717) is 18.1 Å². The van der Waals surface area contributed by atoms with Crippen molar-refractivity contribution in [2.45, 2.75) is 19.2 Å². The number of nitrogens with zero attached hydrogens (tertiary/aromatic N) is 2. The molecule has 0 fully saturated rings. The largest absolute Gasteiger partial charge is 0.349 e. The van der Waals surface area contributed by atoms with E-state index in [1.165, 1.54) is 0 Å². The van der Waals surface area contributed by atoms with Crippen molar-refractivity contribution in [1.82, 2.24) is 15.3 Å². The Morgan fingerprint density at radius 2 is 2.43 bits per heavy atom. The van der Waals surface area contributed by atoms with Gasteiger partial charge in [0.1, 0.15) is 11.5 Å². The fraction of sp³-hybridized carbons (Fsp3) is 0.444. The molecule has 1 aromatic heterocycles. The van der Waals surface area contributed by atoms with Gasteiger partial charge in [-0.05, 0) is 19.9 Å². The number of carbonyl (C=O) groups excluding carboxylic acids is 1. The van der Waals surface area contributed by atoms with Crippen LogP contribution in [-0.2, 0) is 0 Å². The Hall–Kier alpha value is -1.16. The lowest BCUT2D eigenvalue weighted by Crippen LogP contribution is -2.29. The second-order valence-electron chi connectivity index (χ2n) is 2.98. The number of rotatable bonds is 3. The van der Waals surface area contributed by atoms with Crippen LogP contribution in [0.5, 0.6) is 0 Å². The van der Waals surface area contributed by atoms with E-state index in [1.807, 2.05) is 6.92 Å². The fourth-order valence-corrected chi connectivity index (χ4v) is 0.984. The predicted octanol–water partition coefficient (Wildman–Crippen LogP) is 1.14. The maximum atomic E-state index is 11.4. The Bertz CT molecular complexity index is 328. The molecule has 0 aliphatic heterocycles. The third-order valence-corrected chi connectivity index (χ3v) is 1.71. The highest BCUT2D eigenvalue weighted by atomic mass is 35.5. The van der Waals surface area contributed by atoms with Crippen LogP contribution in [0.15, 0.2) is 12.3 Å². The molecule has 0 bridgehead atoms. The Morgan fingerprint density at radius 1 is 1.71 bits per heavy atom. The number of nitrogens with one attached hydrogen (secondary N) is 1. The Labute approximate surface area is 87.7 Å². The van der Waals surface area contributed by atoms with Gasteiger partial charge < -0.3 is 5.32 Å². The van der Waals surface area contributed by atoms with Gasteiger partial charge in [-0.25, -0.2) is 9.97 Å². The third kappa shape index (κ3) is 3.30. The topological polar surface area (TPSA) is 54.9 Å². The first-order chi connectivity index (χ1) is 6.59. The van der Waals surface area contributed by atoms with E-state index in [4.69, 9.17) is 11.6 Å². The van der Waals surface area contributed by atoms with E-state index in [-0.39, 0.29) is 11.3 Å². The monoisotopic (exact) mass is 213 g/mol. The molecule has 0 saturated heterocycles. The number of hydrogen-bond acceptors (Lipinski definition) is 3. The van der Waals surface area contributed by atoms with Crippen molar-refractivity contribution in [2.75, 3.05) is 6.54 Å². The summed E-state index contributed by atoms with van der Waals surface area (Å²) in [4.78, 5) is 19.3. The van der Waals surface area contributed by atoms with Crippen LogP contribution < -0.4 is 5.32 Å². The molecule has 1 atom stereocenters. The number of aryl methyl sites for hydroxylation is 1. The molecule has 0 aliphatic carbocycles. The highest BCUT2D eigenvalue weighted by Gasteiger charge is 2.07. The Balaban J connectivity index is 2.61. The van der Waals surface area contributed by atoms with Gasteiger partial charge >= 0.3 is 0 Å². The van der Waals surface area contributed by atoms with Gasteiger partial charge in [-0.3, -0.25) is 4.79 Å². The van der Waals surface area contributed by atoms with Crippen molar-refractivity contribution in [3.63, 3.8) is 0 Å². The molecular formula is C9H12ClN3O. The van der Waals surface area contributed by atoms with E-state index >= 15 is 0 Å². The molecular weight excluding hydrogens is 202 g/mol. The summed E-state index contributed by atoms with van der Waals surface area (Å²) in [6.07, 6.45) is 1.56. The van der Waals surface area contributed by atoms with Crippen LogP contribution in [-0.4, -0.2) is 27.8 Å². The predicted molar refractivity (Wildman–Crippen MR) is 54.4 cm³/mol. The van der Waals surface area contributed by atoms with Gasteiger partial charge in [0, 0.05) is 18.1 Å². The lowest BCUT2D eigenvalue weighted by atomic mass is 10.3. The number of aromatic nitrogens is 2. The van der Waals surface area contributed by atoms with E-state index < -0.39 is 0 Å². The van der Waals surface area contributed by atoms with Crippen molar-refractivity contribution < 1.29 is 4.79 Å². The normalized spacial score (nSPS) is 12.2. The summed E-state index contributed by atoms with van der Waals surface area (Å²) in [7, 11) is 0. The van der Waals surface area contributed by atoms with Crippen LogP contribution in [0.4, 0.5) is 0 Å². The maximum Gasteiger partial charge on any atom is 0.270 e. The molecule has 1 rings (SSSR count). The van der Waals surface area contributed by atoms with Crippen LogP contribution in [0.3, 0.4) is 0 Å². The average Bonchev–Trinajstić information content (AvgIpc) is 2.14. The van der Waals surface area contributed by atoms with Gasteiger partial charge in [-0.1, -0.05) is 0 Å². The summed E-state index contributed by atoms with van der Waals surface area (Å²) in [5, 5.41) is 2.58. The molecule has 1 amide bonds. The minimum Gasteiger partial charge on any atom is -0.349 e. The molecule has 1 unspecified atom stereocenters. The first kappa shape index (κ1) is 10.9. The maximum absolute atomic E-state index is 11.4. The molecule has 1 heterocycles. The summed E-state index contributed by atoms with van der Waals surface area (Å²) in [5.41, 5.74) is 0.370. The Kier molecular flexibility index (Phi) is 3.83. The lowest BCUT2D eigenvalue weighted by Gasteiger charge is -2.05. The second-order valence-corrected chi connectivity index (χ2v) is 3.72. The zero-order valence-corrected chi connectivity index (χ0v) is 8.88. The van der Waals surface area contributed by atoms with Crippen molar-refractivity contribution in [3.05, 3.63) is 23.8 Å². The van der Waals surface area contributed by atoms with Gasteiger partial charge in [0.15, 0.2) is 0 Å². The van der Waals surface area contributed by atoms with Crippen molar-refractivity contribution in [2.24, 2.45) is 0 Å². The first-order valence-electron chi connectivity index (χ1n) is 4.31. The first-order valence-corrected chi connectivity index (χ1v) is 4.75. The number of halogens is 1. The lowest BCUT2D eigenvalue weighted by molar-refractivity contribution is 0.0948. The summed E-state index contributed by atoms with van der Waals surface area (Å²) >= 11 is 5.69. The average molecular weight is 214 g/mol. The molecule has 0 radical (unpaired) electrons. The minimum absolute atomic E-state index is 0.0816. The molecule has 4 nitrogen and oxygen atoms in total. The van der Waals surface area contributed by atoms with Gasteiger partial charge in [0.25, 0.3) is 5.91 Å². The molecule has 1 aromatic rings. The second kappa shape index (κ2) is 4.91. The molecule has 0 saturated carbocycles. The highest BCUT2D eigenvalue weighted by Crippen LogP contribution is 1.96. The summed E-state index contributed by atoms with van der Waals surface area (Å²) < 4.78 is 0. The Morgan fingerprint density at radius 3 is 3.00 bits per heavy atom. The van der Waals surface area contributed by atoms with Crippen LogP contribution >= 0.6 is 11.6 Å².